The molecule has 0 aromatic heterocycles. The fourth-order valence-corrected chi connectivity index (χ4v) is 3.22. The number of rotatable bonds is 3. The molecule has 0 aliphatic rings. The second-order valence-corrected chi connectivity index (χ2v) is 7.36. The van der Waals surface area contributed by atoms with Gasteiger partial charge in [-0.1, -0.05) is 23.7 Å². The van der Waals surface area contributed by atoms with Crippen LogP contribution < -0.4 is 15.8 Å². The number of sulfonamides is 1. The number of aryl methyl sites for hydroxylation is 1. The van der Waals surface area contributed by atoms with Gasteiger partial charge in [0.05, 0.1) is 4.90 Å². The lowest BCUT2D eigenvalue weighted by atomic mass is 10.2. The Bertz CT molecular complexity index is 867. The molecule has 2 aromatic rings. The summed E-state index contributed by atoms with van der Waals surface area (Å²) in [4.78, 5) is 0.0595. The van der Waals surface area contributed by atoms with Gasteiger partial charge in [-0.05, 0) is 61.5 Å². The lowest BCUT2D eigenvalue weighted by molar-refractivity contribution is 0.597. The molecule has 8 heteroatoms. The van der Waals surface area contributed by atoms with Gasteiger partial charge in [0.25, 0.3) is 0 Å². The molecular weight excluding hydrogens is 354 g/mol. The summed E-state index contributed by atoms with van der Waals surface area (Å²) in [5.74, 6) is 0. The Morgan fingerprint density at radius 2 is 1.87 bits per heavy atom. The van der Waals surface area contributed by atoms with Crippen LogP contribution in [0.4, 0.5) is 11.4 Å². The molecule has 0 atom stereocenters. The van der Waals surface area contributed by atoms with Gasteiger partial charge in [-0.15, -0.1) is 0 Å². The highest BCUT2D eigenvalue weighted by Gasteiger charge is 2.12. The average Bonchev–Trinajstić information content (AvgIpc) is 2.45. The van der Waals surface area contributed by atoms with E-state index < -0.39 is 10.0 Å². The van der Waals surface area contributed by atoms with Crippen molar-refractivity contribution in [2.45, 2.75) is 18.7 Å². The number of primary sulfonamides is 1. The molecule has 0 amide bonds. The Morgan fingerprint density at radius 3 is 2.52 bits per heavy atom. The van der Waals surface area contributed by atoms with Gasteiger partial charge in [0.1, 0.15) is 0 Å². The summed E-state index contributed by atoms with van der Waals surface area (Å²) in [5, 5.41) is 12.1. The fraction of sp³-hybridized carbons (Fsp3) is 0.133. The smallest absolute Gasteiger partial charge is 0.238 e. The normalized spacial score (nSPS) is 11.1. The second kappa shape index (κ2) is 6.84. The summed E-state index contributed by atoms with van der Waals surface area (Å²) in [6.45, 7) is 3.55. The van der Waals surface area contributed by atoms with E-state index in [1.807, 2.05) is 19.1 Å². The molecule has 0 spiro atoms. The zero-order chi connectivity index (χ0) is 17.2. The number of thiocarbonyl (C=S) groups is 1. The third-order valence-electron chi connectivity index (χ3n) is 3.27. The molecule has 0 fully saturated rings. The van der Waals surface area contributed by atoms with Crippen LogP contribution in [-0.2, 0) is 10.0 Å². The topological polar surface area (TPSA) is 84.2 Å². The summed E-state index contributed by atoms with van der Waals surface area (Å²) in [7, 11) is -3.78. The van der Waals surface area contributed by atoms with Gasteiger partial charge >= 0.3 is 0 Å². The van der Waals surface area contributed by atoms with Crippen LogP contribution in [0.1, 0.15) is 11.1 Å². The van der Waals surface area contributed by atoms with Gasteiger partial charge in [0, 0.05) is 16.4 Å². The summed E-state index contributed by atoms with van der Waals surface area (Å²) < 4.78 is 23.1. The van der Waals surface area contributed by atoms with Crippen LogP contribution in [-0.4, -0.2) is 13.5 Å². The Kier molecular flexibility index (Phi) is 5.26. The van der Waals surface area contributed by atoms with Crippen LogP contribution in [0, 0.1) is 13.8 Å². The first-order valence-electron chi connectivity index (χ1n) is 6.65. The molecular formula is C15H16ClN3O2S2. The maximum atomic E-state index is 11.6. The Labute approximate surface area is 145 Å². The molecule has 0 saturated heterocycles. The van der Waals surface area contributed by atoms with Crippen molar-refractivity contribution in [1.29, 1.82) is 0 Å². The van der Waals surface area contributed by atoms with Gasteiger partial charge in [0.2, 0.25) is 10.0 Å². The van der Waals surface area contributed by atoms with E-state index in [0.29, 0.717) is 21.4 Å². The van der Waals surface area contributed by atoms with Gasteiger partial charge in [-0.3, -0.25) is 0 Å². The first-order chi connectivity index (χ1) is 10.7. The molecule has 0 aliphatic carbocycles. The van der Waals surface area contributed by atoms with Crippen LogP contribution in [0.3, 0.4) is 0 Å². The van der Waals surface area contributed by atoms with E-state index >= 15 is 0 Å². The van der Waals surface area contributed by atoms with Crippen molar-refractivity contribution in [2.75, 3.05) is 10.6 Å². The minimum absolute atomic E-state index is 0.0595. The van der Waals surface area contributed by atoms with Crippen LogP contribution >= 0.6 is 23.8 Å². The minimum atomic E-state index is -3.78. The van der Waals surface area contributed by atoms with Crippen LogP contribution in [0.5, 0.6) is 0 Å². The molecule has 0 bridgehead atoms. The van der Waals surface area contributed by atoms with E-state index in [0.717, 1.165) is 11.3 Å². The molecule has 4 N–H and O–H groups in total. The van der Waals surface area contributed by atoms with Crippen molar-refractivity contribution in [2.24, 2.45) is 5.14 Å². The zero-order valence-corrected chi connectivity index (χ0v) is 14.9. The molecule has 2 aromatic carbocycles. The van der Waals surface area contributed by atoms with Gasteiger partial charge in [-0.2, -0.15) is 0 Å². The van der Waals surface area contributed by atoms with Crippen LogP contribution in [0.2, 0.25) is 5.02 Å². The lowest BCUT2D eigenvalue weighted by Crippen LogP contribution is -2.20. The molecule has 0 aliphatic heterocycles. The van der Waals surface area contributed by atoms with Crippen molar-refractivity contribution in [3.8, 4) is 0 Å². The van der Waals surface area contributed by atoms with Gasteiger partial charge < -0.3 is 10.6 Å². The first kappa shape index (κ1) is 17.7. The number of benzene rings is 2. The number of hydrogen-bond acceptors (Lipinski definition) is 3. The van der Waals surface area contributed by atoms with E-state index in [1.165, 1.54) is 6.07 Å². The number of anilines is 2. The van der Waals surface area contributed by atoms with Crippen molar-refractivity contribution in [1.82, 2.24) is 0 Å². The molecule has 0 radical (unpaired) electrons. The van der Waals surface area contributed by atoms with Crippen molar-refractivity contribution < 1.29 is 8.42 Å². The molecule has 0 unspecified atom stereocenters. The quantitative estimate of drug-likeness (QED) is 0.722. The Morgan fingerprint density at radius 1 is 1.17 bits per heavy atom. The molecule has 122 valence electrons. The van der Waals surface area contributed by atoms with E-state index in [9.17, 15) is 8.42 Å². The maximum absolute atomic E-state index is 11.6. The molecule has 0 saturated carbocycles. The summed E-state index contributed by atoms with van der Waals surface area (Å²) >= 11 is 11.3. The SMILES string of the molecule is Cc1ccc(NC(=S)Nc2cccc(Cl)c2C)cc1S(N)(=O)=O. The first-order valence-corrected chi connectivity index (χ1v) is 8.98. The minimum Gasteiger partial charge on any atom is -0.332 e. The lowest BCUT2D eigenvalue weighted by Gasteiger charge is -2.14. The second-order valence-electron chi connectivity index (χ2n) is 5.02. The maximum Gasteiger partial charge on any atom is 0.238 e. The summed E-state index contributed by atoms with van der Waals surface area (Å²) in [6, 6.07) is 10.3. The fourth-order valence-electron chi connectivity index (χ4n) is 2.01. The highest BCUT2D eigenvalue weighted by molar-refractivity contribution is 7.89. The van der Waals surface area contributed by atoms with E-state index in [4.69, 9.17) is 29.0 Å². The van der Waals surface area contributed by atoms with Crippen molar-refractivity contribution in [3.63, 3.8) is 0 Å². The number of nitrogens with two attached hydrogens (primary N) is 1. The number of nitrogens with one attached hydrogen (secondary N) is 2. The molecule has 0 heterocycles. The number of halogens is 1. The van der Waals surface area contributed by atoms with Gasteiger partial charge in [0.15, 0.2) is 5.11 Å². The van der Waals surface area contributed by atoms with Crippen molar-refractivity contribution >= 4 is 50.3 Å². The number of hydrogen-bond donors (Lipinski definition) is 3. The van der Waals surface area contributed by atoms with Crippen molar-refractivity contribution in [3.05, 3.63) is 52.5 Å². The highest BCUT2D eigenvalue weighted by Crippen LogP contribution is 2.23. The zero-order valence-electron chi connectivity index (χ0n) is 12.6. The average molecular weight is 370 g/mol. The molecule has 5 nitrogen and oxygen atoms in total. The predicted molar refractivity (Wildman–Crippen MR) is 98.6 cm³/mol. The van der Waals surface area contributed by atoms with E-state index in [1.54, 1.807) is 25.1 Å². The Balaban J connectivity index is 2.19. The monoisotopic (exact) mass is 369 g/mol. The standard InChI is InChI=1S/C15H16ClN3O2S2/c1-9-6-7-11(8-14(9)23(17,20)21)18-15(22)19-13-5-3-4-12(16)10(13)2/h3-8H,1-2H3,(H2,17,20,21)(H2,18,19,22). The summed E-state index contributed by atoms with van der Waals surface area (Å²) in [6.07, 6.45) is 0. The van der Waals surface area contributed by atoms with Crippen LogP contribution in [0.15, 0.2) is 41.3 Å². The summed E-state index contributed by atoms with van der Waals surface area (Å²) in [5.41, 5.74) is 2.74. The van der Waals surface area contributed by atoms with E-state index in [2.05, 4.69) is 10.6 Å². The third kappa shape index (κ3) is 4.42. The predicted octanol–water partition coefficient (Wildman–Crippen LogP) is 3.41. The Hall–Kier alpha value is -1.67. The highest BCUT2D eigenvalue weighted by atomic mass is 35.5. The van der Waals surface area contributed by atoms with Crippen LogP contribution in [0.25, 0.3) is 0 Å². The largest absolute Gasteiger partial charge is 0.332 e. The van der Waals surface area contributed by atoms with E-state index in [-0.39, 0.29) is 4.90 Å². The molecule has 2 rings (SSSR count). The van der Waals surface area contributed by atoms with Gasteiger partial charge in [-0.25, -0.2) is 13.6 Å². The molecule has 23 heavy (non-hydrogen) atoms. The third-order valence-corrected chi connectivity index (χ3v) is 4.93.